The predicted octanol–water partition coefficient (Wildman–Crippen LogP) is 1.83. The number of carbonyl (C=O) groups excluding carboxylic acids is 1. The molecule has 0 fully saturated rings. The second-order valence-electron chi connectivity index (χ2n) is 4.22. The van der Waals surface area contributed by atoms with Gasteiger partial charge in [0.05, 0.1) is 5.56 Å². The first-order chi connectivity index (χ1) is 9.72. The molecule has 0 amide bonds. The van der Waals surface area contributed by atoms with E-state index in [0.717, 1.165) is 0 Å². The van der Waals surface area contributed by atoms with Crippen LogP contribution in [0, 0.1) is 0 Å². The normalized spacial score (nSPS) is 11.8. The fourth-order valence-corrected chi connectivity index (χ4v) is 1.91. The predicted molar refractivity (Wildman–Crippen MR) is 77.9 cm³/mol. The fourth-order valence-electron chi connectivity index (χ4n) is 1.71. The number of rotatable bonds is 4. The molecular formula is C13H11F2NaO5S. The van der Waals surface area contributed by atoms with E-state index in [0.29, 0.717) is 10.8 Å². The summed E-state index contributed by atoms with van der Waals surface area (Å²) in [6.45, 7) is -1.76. The molecule has 0 saturated heterocycles. The Balaban J connectivity index is 0.00000242. The Kier molecular flexibility index (Phi) is 6.05. The zero-order valence-corrected chi connectivity index (χ0v) is 11.3. The molecule has 0 saturated carbocycles. The molecule has 5 nitrogen and oxygen atoms in total. The van der Waals surface area contributed by atoms with Crippen LogP contribution in [0.2, 0.25) is 0 Å². The monoisotopic (exact) mass is 340 g/mol. The van der Waals surface area contributed by atoms with Crippen LogP contribution in [0.25, 0.3) is 10.8 Å². The molecule has 0 unspecified atom stereocenters. The summed E-state index contributed by atoms with van der Waals surface area (Å²) in [4.78, 5) is 11.8. The molecule has 0 aromatic heterocycles. The number of carbonyl (C=O) groups is 1. The van der Waals surface area contributed by atoms with E-state index in [9.17, 15) is 22.0 Å². The van der Waals surface area contributed by atoms with Crippen molar-refractivity contribution in [3.05, 3.63) is 48.0 Å². The number of benzene rings is 2. The van der Waals surface area contributed by atoms with E-state index in [1.165, 1.54) is 6.07 Å². The number of halogens is 2. The number of hydrogen-bond acceptors (Lipinski definition) is 4. The molecule has 0 atom stereocenters. The minimum absolute atomic E-state index is 0. The Bertz CT molecular complexity index is 787. The van der Waals surface area contributed by atoms with Gasteiger partial charge < -0.3 is 4.74 Å². The Hall–Kier alpha value is -1.06. The van der Waals surface area contributed by atoms with Crippen molar-refractivity contribution >= 4 is 56.4 Å². The third kappa shape index (κ3) is 4.02. The van der Waals surface area contributed by atoms with Crippen LogP contribution in [-0.2, 0) is 14.9 Å². The summed E-state index contributed by atoms with van der Waals surface area (Å²) >= 11 is 0. The van der Waals surface area contributed by atoms with Crippen molar-refractivity contribution in [2.75, 3.05) is 6.61 Å². The minimum atomic E-state index is -5.63. The van der Waals surface area contributed by atoms with Crippen molar-refractivity contribution in [3.63, 3.8) is 0 Å². The molecule has 0 spiro atoms. The summed E-state index contributed by atoms with van der Waals surface area (Å²) in [5.41, 5.74) is 0.0271. The second-order valence-corrected chi connectivity index (χ2v) is 5.76. The van der Waals surface area contributed by atoms with Crippen molar-refractivity contribution in [2.24, 2.45) is 0 Å². The number of alkyl halides is 2. The van der Waals surface area contributed by atoms with Crippen LogP contribution in [0.1, 0.15) is 10.4 Å². The van der Waals surface area contributed by atoms with Crippen LogP contribution in [0.15, 0.2) is 42.5 Å². The molecule has 0 radical (unpaired) electrons. The van der Waals surface area contributed by atoms with Crippen molar-refractivity contribution in [1.82, 2.24) is 0 Å². The first kappa shape index (κ1) is 19.0. The van der Waals surface area contributed by atoms with Gasteiger partial charge in [0.2, 0.25) is 0 Å². The molecule has 0 aliphatic heterocycles. The van der Waals surface area contributed by atoms with Gasteiger partial charge in [0.1, 0.15) is 0 Å². The van der Waals surface area contributed by atoms with Crippen molar-refractivity contribution in [3.8, 4) is 0 Å². The van der Waals surface area contributed by atoms with Crippen LogP contribution < -0.4 is 0 Å². The van der Waals surface area contributed by atoms with E-state index >= 15 is 0 Å². The average molecular weight is 340 g/mol. The molecule has 2 rings (SSSR count). The molecule has 22 heavy (non-hydrogen) atoms. The van der Waals surface area contributed by atoms with E-state index < -0.39 is 27.9 Å². The van der Waals surface area contributed by atoms with Gasteiger partial charge in [-0.05, 0) is 16.8 Å². The van der Waals surface area contributed by atoms with E-state index in [2.05, 4.69) is 4.74 Å². The van der Waals surface area contributed by atoms with Gasteiger partial charge in [0.15, 0.2) is 6.61 Å². The first-order valence-electron chi connectivity index (χ1n) is 5.72. The van der Waals surface area contributed by atoms with Gasteiger partial charge in [0.25, 0.3) is 0 Å². The van der Waals surface area contributed by atoms with E-state index in [1.54, 1.807) is 36.4 Å². The molecule has 1 N–H and O–H groups in total. The van der Waals surface area contributed by atoms with Crippen LogP contribution in [0.5, 0.6) is 0 Å². The van der Waals surface area contributed by atoms with Gasteiger partial charge >= 0.3 is 50.9 Å². The van der Waals surface area contributed by atoms with Gasteiger partial charge in [-0.1, -0.05) is 36.4 Å². The summed E-state index contributed by atoms with van der Waals surface area (Å²) in [5, 5.41) is -3.36. The van der Waals surface area contributed by atoms with Crippen molar-refractivity contribution in [1.29, 1.82) is 0 Å². The molecule has 2 aromatic rings. The SMILES string of the molecule is O=C(OCC(F)(F)S(=O)(=O)O)c1cccc2ccccc12.[NaH]. The number of hydrogen-bond donors (Lipinski definition) is 1. The average Bonchev–Trinajstić information content (AvgIpc) is 2.43. The molecule has 0 bridgehead atoms. The summed E-state index contributed by atoms with van der Waals surface area (Å²) in [5.74, 6) is -1.10. The molecule has 0 aliphatic carbocycles. The maximum absolute atomic E-state index is 13.0. The van der Waals surface area contributed by atoms with E-state index in [4.69, 9.17) is 4.55 Å². The first-order valence-corrected chi connectivity index (χ1v) is 7.16. The Morgan fingerprint density at radius 2 is 1.73 bits per heavy atom. The van der Waals surface area contributed by atoms with Crippen LogP contribution in [-0.4, -0.2) is 60.4 Å². The number of fused-ring (bicyclic) bond motifs is 1. The van der Waals surface area contributed by atoms with Gasteiger partial charge in [0, 0.05) is 0 Å². The van der Waals surface area contributed by atoms with Gasteiger partial charge in [-0.3, -0.25) is 4.55 Å². The Labute approximate surface area is 147 Å². The van der Waals surface area contributed by atoms with Crippen LogP contribution >= 0.6 is 0 Å². The number of ether oxygens (including phenoxy) is 1. The van der Waals surface area contributed by atoms with E-state index in [1.807, 2.05) is 0 Å². The second kappa shape index (κ2) is 7.01. The summed E-state index contributed by atoms with van der Waals surface area (Å²) in [7, 11) is -5.63. The third-order valence-electron chi connectivity index (χ3n) is 2.76. The molecule has 0 aliphatic rings. The quantitative estimate of drug-likeness (QED) is 0.522. The topological polar surface area (TPSA) is 80.7 Å². The van der Waals surface area contributed by atoms with Gasteiger partial charge in [-0.25, -0.2) is 4.79 Å². The maximum atomic E-state index is 13.0. The Morgan fingerprint density at radius 3 is 2.36 bits per heavy atom. The van der Waals surface area contributed by atoms with Crippen LogP contribution in [0.4, 0.5) is 8.78 Å². The zero-order chi connectivity index (χ0) is 15.7. The van der Waals surface area contributed by atoms with E-state index in [-0.39, 0.29) is 35.1 Å². The van der Waals surface area contributed by atoms with Crippen molar-refractivity contribution < 1.29 is 31.3 Å². The molecule has 114 valence electrons. The molecule has 0 heterocycles. The molecular weight excluding hydrogens is 329 g/mol. The standard InChI is InChI=1S/C13H10F2O5S.Na.H/c14-13(15,21(17,18)19)8-20-12(16)11-7-3-5-9-4-1-2-6-10(9)11;;/h1-7H,8H2,(H,17,18,19);;. The summed E-state index contributed by atoms with van der Waals surface area (Å²) in [6.07, 6.45) is 0. The van der Waals surface area contributed by atoms with Gasteiger partial charge in [-0.15, -0.1) is 0 Å². The molecule has 9 heteroatoms. The van der Waals surface area contributed by atoms with Crippen LogP contribution in [0.3, 0.4) is 0 Å². The zero-order valence-electron chi connectivity index (χ0n) is 10.5. The van der Waals surface area contributed by atoms with Crippen molar-refractivity contribution in [2.45, 2.75) is 5.25 Å². The molecule has 2 aromatic carbocycles. The number of esters is 1. The fraction of sp³-hybridized carbons (Fsp3) is 0.154. The summed E-state index contributed by atoms with van der Waals surface area (Å²) < 4.78 is 59.5. The Morgan fingerprint density at radius 1 is 1.14 bits per heavy atom. The third-order valence-corrected chi connectivity index (χ3v) is 3.63. The van der Waals surface area contributed by atoms with Gasteiger partial charge in [-0.2, -0.15) is 17.2 Å². The summed E-state index contributed by atoms with van der Waals surface area (Å²) in [6, 6.07) is 11.4.